The maximum absolute atomic E-state index is 12.0. The summed E-state index contributed by atoms with van der Waals surface area (Å²) in [6.07, 6.45) is 1.23. The second-order valence-corrected chi connectivity index (χ2v) is 5.10. The summed E-state index contributed by atoms with van der Waals surface area (Å²) in [7, 11) is 3.50. The number of amides is 1. The molecule has 0 unspecified atom stereocenters. The Morgan fingerprint density at radius 1 is 1.16 bits per heavy atom. The van der Waals surface area contributed by atoms with Gasteiger partial charge >= 0.3 is 0 Å². The minimum atomic E-state index is -0.510. The van der Waals surface area contributed by atoms with Gasteiger partial charge in [0.25, 0.3) is 11.6 Å². The molecule has 0 saturated heterocycles. The van der Waals surface area contributed by atoms with Crippen LogP contribution in [0, 0.1) is 10.1 Å². The van der Waals surface area contributed by atoms with Crippen molar-refractivity contribution in [3.05, 3.63) is 69.8 Å². The Balaban J connectivity index is 2.02. The van der Waals surface area contributed by atoms with E-state index in [9.17, 15) is 14.9 Å². The van der Waals surface area contributed by atoms with Gasteiger partial charge in [-0.3, -0.25) is 19.9 Å². The van der Waals surface area contributed by atoms with E-state index in [2.05, 4.69) is 20.9 Å². The first-order valence-corrected chi connectivity index (χ1v) is 7.23. The van der Waals surface area contributed by atoms with Crippen molar-refractivity contribution < 1.29 is 9.72 Å². The number of hydrazone groups is 1. The first kappa shape index (κ1) is 17.7. The summed E-state index contributed by atoms with van der Waals surface area (Å²) in [4.78, 5) is 22.4. The smallest absolute Gasteiger partial charge is 0.278 e. The van der Waals surface area contributed by atoms with Crippen LogP contribution in [0.25, 0.3) is 0 Å². The largest absolute Gasteiger partial charge is 0.285 e. The molecule has 0 saturated carbocycles. The van der Waals surface area contributed by atoms with E-state index in [1.165, 1.54) is 12.3 Å². The number of nitro benzene ring substituents is 1. The van der Waals surface area contributed by atoms with Crippen LogP contribution in [0.4, 0.5) is 11.4 Å². The third-order valence-electron chi connectivity index (χ3n) is 2.97. The first-order valence-electron chi connectivity index (χ1n) is 7.23. The highest BCUT2D eigenvalue weighted by Gasteiger charge is 2.10. The Morgan fingerprint density at radius 2 is 1.84 bits per heavy atom. The normalized spacial score (nSPS) is 11.0. The van der Waals surface area contributed by atoms with Crippen LogP contribution in [-0.4, -0.2) is 36.1 Å². The molecule has 0 fully saturated rings. The minimum Gasteiger partial charge on any atom is -0.285 e. The first-order chi connectivity index (χ1) is 12.0. The fourth-order valence-corrected chi connectivity index (χ4v) is 1.81. The Kier molecular flexibility index (Phi) is 5.88. The zero-order valence-corrected chi connectivity index (χ0v) is 13.7. The molecule has 1 N–H and O–H groups in total. The van der Waals surface area contributed by atoms with Gasteiger partial charge in [-0.2, -0.15) is 5.10 Å². The molecule has 2 rings (SSSR count). The van der Waals surface area contributed by atoms with E-state index in [4.69, 9.17) is 0 Å². The average Bonchev–Trinajstić information content (AvgIpc) is 2.60. The van der Waals surface area contributed by atoms with Crippen molar-refractivity contribution in [3.8, 4) is 0 Å². The molecule has 0 aromatic heterocycles. The van der Waals surface area contributed by atoms with Crippen molar-refractivity contribution >= 4 is 23.5 Å². The summed E-state index contributed by atoms with van der Waals surface area (Å²) in [5.41, 5.74) is 3.52. The number of nitrogens with one attached hydrogen (secondary N) is 1. The van der Waals surface area contributed by atoms with Crippen molar-refractivity contribution in [1.29, 1.82) is 0 Å². The van der Waals surface area contributed by atoms with Crippen LogP contribution < -0.4 is 5.43 Å². The van der Waals surface area contributed by atoms with Gasteiger partial charge < -0.3 is 0 Å². The summed E-state index contributed by atoms with van der Waals surface area (Å²) < 4.78 is 0. The highest BCUT2D eigenvalue weighted by Crippen LogP contribution is 2.15. The van der Waals surface area contributed by atoms with Gasteiger partial charge in [0.15, 0.2) is 0 Å². The molecule has 0 aliphatic heterocycles. The Labute approximate surface area is 143 Å². The molecule has 0 spiro atoms. The van der Waals surface area contributed by atoms with Crippen LogP contribution in [0.3, 0.4) is 0 Å². The maximum Gasteiger partial charge on any atom is 0.278 e. The van der Waals surface area contributed by atoms with E-state index in [-0.39, 0.29) is 5.69 Å². The molecule has 2 aromatic carbocycles. The van der Waals surface area contributed by atoms with Crippen molar-refractivity contribution in [2.45, 2.75) is 0 Å². The zero-order chi connectivity index (χ0) is 18.2. The molecule has 0 radical (unpaired) electrons. The second-order valence-electron chi connectivity index (χ2n) is 5.10. The fraction of sp³-hybridized carbons (Fsp3) is 0.125. The van der Waals surface area contributed by atoms with E-state index < -0.39 is 10.8 Å². The number of para-hydroxylation sites is 1. The highest BCUT2D eigenvalue weighted by molar-refractivity contribution is 5.95. The molecular formula is C16H16N6O3. The number of nitro groups is 1. The summed E-state index contributed by atoms with van der Waals surface area (Å²) in [6.45, 7) is 0. The molecule has 9 nitrogen and oxygen atoms in total. The number of nitrogens with zero attached hydrogens (tertiary/aromatic N) is 5. The highest BCUT2D eigenvalue weighted by atomic mass is 16.6. The lowest BCUT2D eigenvalue weighted by molar-refractivity contribution is -0.385. The minimum absolute atomic E-state index is 0.0869. The summed E-state index contributed by atoms with van der Waals surface area (Å²) in [5.74, 6) is -0.439. The van der Waals surface area contributed by atoms with Gasteiger partial charge in [0.2, 0.25) is 0 Å². The molecule has 0 aliphatic carbocycles. The van der Waals surface area contributed by atoms with E-state index in [1.54, 1.807) is 61.6 Å². The van der Waals surface area contributed by atoms with Crippen LogP contribution in [0.1, 0.15) is 15.9 Å². The summed E-state index contributed by atoms with van der Waals surface area (Å²) >= 11 is 0. The third-order valence-corrected chi connectivity index (χ3v) is 2.97. The van der Waals surface area contributed by atoms with Crippen LogP contribution in [-0.2, 0) is 0 Å². The Hall–Kier alpha value is -3.62. The number of benzene rings is 2. The maximum atomic E-state index is 12.0. The molecule has 128 valence electrons. The van der Waals surface area contributed by atoms with Gasteiger partial charge in [-0.1, -0.05) is 17.4 Å². The molecular weight excluding hydrogens is 324 g/mol. The predicted octanol–water partition coefficient (Wildman–Crippen LogP) is 2.92. The molecule has 2 aromatic rings. The monoisotopic (exact) mass is 340 g/mol. The summed E-state index contributed by atoms with van der Waals surface area (Å²) in [6, 6.07) is 12.6. The van der Waals surface area contributed by atoms with Crippen molar-refractivity contribution in [1.82, 2.24) is 10.4 Å². The lowest BCUT2D eigenvalue weighted by Crippen LogP contribution is -2.17. The SMILES string of the molecule is CN(C)N=Nc1ccc(C(=O)N/N=C/c2ccccc2[N+](=O)[O-])cc1. The average molecular weight is 340 g/mol. The molecule has 9 heteroatoms. The summed E-state index contributed by atoms with van der Waals surface area (Å²) in [5, 5.41) is 24.0. The molecule has 0 heterocycles. The van der Waals surface area contributed by atoms with Crippen molar-refractivity contribution in [2.75, 3.05) is 14.1 Å². The quantitative estimate of drug-likeness (QED) is 0.377. The van der Waals surface area contributed by atoms with Gasteiger partial charge in [0, 0.05) is 25.7 Å². The van der Waals surface area contributed by atoms with Gasteiger partial charge in [-0.15, -0.1) is 5.11 Å². The molecule has 25 heavy (non-hydrogen) atoms. The number of hydrogen-bond donors (Lipinski definition) is 1. The zero-order valence-electron chi connectivity index (χ0n) is 13.7. The van der Waals surface area contributed by atoms with Crippen molar-refractivity contribution in [3.63, 3.8) is 0 Å². The number of hydrogen-bond acceptors (Lipinski definition) is 6. The standard InChI is InChI=1S/C16H16N6O3/c1-21(2)20-18-14-9-7-12(8-10-14)16(23)19-17-11-13-5-3-4-6-15(13)22(24)25/h3-11H,1-2H3,(H,19,23)/b17-11+,20-18?. The second kappa shape index (κ2) is 8.29. The van der Waals surface area contributed by atoms with Crippen LogP contribution >= 0.6 is 0 Å². The number of carbonyl (C=O) groups is 1. The fourth-order valence-electron chi connectivity index (χ4n) is 1.81. The van der Waals surface area contributed by atoms with Gasteiger partial charge in [-0.25, -0.2) is 5.43 Å². The Morgan fingerprint density at radius 3 is 2.48 bits per heavy atom. The van der Waals surface area contributed by atoms with Gasteiger partial charge in [0.1, 0.15) is 0 Å². The van der Waals surface area contributed by atoms with Gasteiger partial charge in [-0.05, 0) is 30.3 Å². The predicted molar refractivity (Wildman–Crippen MR) is 92.8 cm³/mol. The molecule has 0 aliphatic rings. The van der Waals surface area contributed by atoms with E-state index in [0.29, 0.717) is 16.8 Å². The van der Waals surface area contributed by atoms with Crippen molar-refractivity contribution in [2.24, 2.45) is 15.4 Å². The molecule has 1 amide bonds. The van der Waals surface area contributed by atoms with E-state index in [0.717, 1.165) is 0 Å². The number of carbonyl (C=O) groups excluding carboxylic acids is 1. The lowest BCUT2D eigenvalue weighted by Gasteiger charge is -2.02. The van der Waals surface area contributed by atoms with Crippen LogP contribution in [0.5, 0.6) is 0 Å². The van der Waals surface area contributed by atoms with E-state index in [1.807, 2.05) is 0 Å². The van der Waals surface area contributed by atoms with Crippen LogP contribution in [0.15, 0.2) is 64.0 Å². The third kappa shape index (κ3) is 5.20. The molecule has 0 bridgehead atoms. The number of rotatable bonds is 6. The van der Waals surface area contributed by atoms with Crippen LogP contribution in [0.2, 0.25) is 0 Å². The Bertz CT molecular complexity index is 815. The molecule has 0 atom stereocenters. The lowest BCUT2D eigenvalue weighted by atomic mass is 10.2. The van der Waals surface area contributed by atoms with E-state index >= 15 is 0 Å². The topological polar surface area (TPSA) is 113 Å². The van der Waals surface area contributed by atoms with Gasteiger partial charge in [0.05, 0.1) is 22.4 Å².